The first kappa shape index (κ1) is 15.9. The molecule has 1 aliphatic carbocycles. The van der Waals surface area contributed by atoms with Crippen molar-refractivity contribution in [3.8, 4) is 0 Å². The standard InChI is InChI=1S/C15H26N4O2/c1-4-11(2)9-13-16-17-18-19(13)10-15(14(20)21)7-5-12(3)6-8-15/h11-12H,4-10H2,1-3H3,(H,20,21). The van der Waals surface area contributed by atoms with Gasteiger partial charge in [-0.05, 0) is 47.9 Å². The van der Waals surface area contributed by atoms with Gasteiger partial charge in [0.2, 0.25) is 0 Å². The second kappa shape index (κ2) is 6.54. The molecule has 1 aliphatic rings. The zero-order valence-electron chi connectivity index (χ0n) is 13.2. The van der Waals surface area contributed by atoms with Crippen LogP contribution in [0, 0.1) is 17.3 Å². The lowest BCUT2D eigenvalue weighted by molar-refractivity contribution is -0.153. The molecule has 0 amide bonds. The third-order valence-electron chi connectivity index (χ3n) is 4.97. The number of carbonyl (C=O) groups is 1. The van der Waals surface area contributed by atoms with Gasteiger partial charge in [0.05, 0.1) is 12.0 Å². The summed E-state index contributed by atoms with van der Waals surface area (Å²) in [5, 5.41) is 21.6. The molecule has 1 saturated carbocycles. The Morgan fingerprint density at radius 3 is 2.71 bits per heavy atom. The summed E-state index contributed by atoms with van der Waals surface area (Å²) in [6.07, 6.45) is 5.23. The van der Waals surface area contributed by atoms with E-state index in [1.54, 1.807) is 4.68 Å². The zero-order chi connectivity index (χ0) is 15.5. The molecule has 1 N–H and O–H groups in total. The van der Waals surface area contributed by atoms with E-state index < -0.39 is 11.4 Å². The molecule has 1 fully saturated rings. The van der Waals surface area contributed by atoms with E-state index in [2.05, 4.69) is 36.3 Å². The minimum absolute atomic E-state index is 0.397. The van der Waals surface area contributed by atoms with E-state index in [9.17, 15) is 9.90 Å². The quantitative estimate of drug-likeness (QED) is 0.872. The summed E-state index contributed by atoms with van der Waals surface area (Å²) < 4.78 is 1.72. The number of aliphatic carboxylic acids is 1. The smallest absolute Gasteiger partial charge is 0.311 e. The molecule has 0 saturated heterocycles. The molecule has 1 unspecified atom stereocenters. The van der Waals surface area contributed by atoms with Gasteiger partial charge < -0.3 is 5.11 Å². The average molecular weight is 294 g/mol. The molecule has 6 nitrogen and oxygen atoms in total. The van der Waals surface area contributed by atoms with Crippen LogP contribution in [0.5, 0.6) is 0 Å². The first-order valence-corrected chi connectivity index (χ1v) is 7.95. The highest BCUT2D eigenvalue weighted by atomic mass is 16.4. The maximum Gasteiger partial charge on any atom is 0.311 e. The fourth-order valence-electron chi connectivity index (χ4n) is 2.99. The monoisotopic (exact) mass is 294 g/mol. The van der Waals surface area contributed by atoms with Crippen molar-refractivity contribution < 1.29 is 9.90 Å². The van der Waals surface area contributed by atoms with Crippen molar-refractivity contribution in [2.24, 2.45) is 17.3 Å². The lowest BCUT2D eigenvalue weighted by Gasteiger charge is -2.35. The van der Waals surface area contributed by atoms with E-state index in [-0.39, 0.29) is 0 Å². The molecule has 1 heterocycles. The maximum atomic E-state index is 11.8. The Hall–Kier alpha value is -1.46. The molecule has 1 aromatic heterocycles. The Labute approximate surface area is 125 Å². The van der Waals surface area contributed by atoms with E-state index >= 15 is 0 Å². The number of nitrogens with zero attached hydrogens (tertiary/aromatic N) is 4. The predicted molar refractivity (Wildman–Crippen MR) is 78.7 cm³/mol. The van der Waals surface area contributed by atoms with Crippen LogP contribution >= 0.6 is 0 Å². The zero-order valence-corrected chi connectivity index (χ0v) is 13.2. The fourth-order valence-corrected chi connectivity index (χ4v) is 2.99. The van der Waals surface area contributed by atoms with E-state index in [0.29, 0.717) is 31.2 Å². The minimum atomic E-state index is -0.709. The number of tetrazole rings is 1. The number of rotatable bonds is 6. The second-order valence-corrected chi connectivity index (χ2v) is 6.74. The summed E-state index contributed by atoms with van der Waals surface area (Å²) in [7, 11) is 0. The topological polar surface area (TPSA) is 80.9 Å². The van der Waals surface area contributed by atoms with Crippen LogP contribution in [0.25, 0.3) is 0 Å². The molecule has 0 aliphatic heterocycles. The number of carboxylic acids is 1. The van der Waals surface area contributed by atoms with Gasteiger partial charge >= 0.3 is 5.97 Å². The highest BCUT2D eigenvalue weighted by molar-refractivity contribution is 5.74. The number of hydrogen-bond donors (Lipinski definition) is 1. The van der Waals surface area contributed by atoms with E-state index in [1.807, 2.05) is 0 Å². The molecule has 1 atom stereocenters. The Morgan fingerprint density at radius 1 is 1.48 bits per heavy atom. The Balaban J connectivity index is 2.15. The maximum absolute atomic E-state index is 11.8. The summed E-state index contributed by atoms with van der Waals surface area (Å²) >= 11 is 0. The highest BCUT2D eigenvalue weighted by Gasteiger charge is 2.42. The molecule has 0 spiro atoms. The molecule has 118 valence electrons. The van der Waals surface area contributed by atoms with Gasteiger partial charge in [-0.15, -0.1) is 5.10 Å². The van der Waals surface area contributed by atoms with Gasteiger partial charge in [-0.3, -0.25) is 4.79 Å². The van der Waals surface area contributed by atoms with Crippen molar-refractivity contribution in [1.82, 2.24) is 20.2 Å². The van der Waals surface area contributed by atoms with E-state index in [0.717, 1.165) is 31.5 Å². The van der Waals surface area contributed by atoms with Gasteiger partial charge in [0.15, 0.2) is 5.82 Å². The van der Waals surface area contributed by atoms with Gasteiger partial charge in [-0.2, -0.15) is 0 Å². The number of aromatic nitrogens is 4. The van der Waals surface area contributed by atoms with Crippen LogP contribution in [-0.2, 0) is 17.8 Å². The average Bonchev–Trinajstić information content (AvgIpc) is 2.88. The SMILES string of the molecule is CCC(C)Cc1nnnn1CC1(C(=O)O)CCC(C)CC1. The summed E-state index contributed by atoms with van der Waals surface area (Å²) in [6.45, 7) is 6.89. The molecule has 2 rings (SSSR count). The Kier molecular flexibility index (Phi) is 4.96. The van der Waals surface area contributed by atoms with Crippen molar-refractivity contribution in [1.29, 1.82) is 0 Å². The van der Waals surface area contributed by atoms with Crippen molar-refractivity contribution >= 4 is 5.97 Å². The van der Waals surface area contributed by atoms with Crippen LogP contribution in [0.4, 0.5) is 0 Å². The highest BCUT2D eigenvalue weighted by Crippen LogP contribution is 2.40. The third-order valence-corrected chi connectivity index (χ3v) is 4.97. The fraction of sp³-hybridized carbons (Fsp3) is 0.867. The largest absolute Gasteiger partial charge is 0.481 e. The van der Waals surface area contributed by atoms with Gasteiger partial charge in [0, 0.05) is 6.42 Å². The van der Waals surface area contributed by atoms with Crippen LogP contribution in [0.15, 0.2) is 0 Å². The first-order chi connectivity index (χ1) is 9.97. The molecular formula is C15H26N4O2. The van der Waals surface area contributed by atoms with E-state index in [1.165, 1.54) is 0 Å². The van der Waals surface area contributed by atoms with Gasteiger partial charge in [-0.1, -0.05) is 27.2 Å². The summed E-state index contributed by atoms with van der Waals surface area (Å²) in [4.78, 5) is 11.8. The Morgan fingerprint density at radius 2 is 2.14 bits per heavy atom. The van der Waals surface area contributed by atoms with Gasteiger partial charge in [-0.25, -0.2) is 4.68 Å². The summed E-state index contributed by atoms with van der Waals surface area (Å²) in [5.41, 5.74) is -0.702. The minimum Gasteiger partial charge on any atom is -0.481 e. The van der Waals surface area contributed by atoms with Crippen LogP contribution in [0.1, 0.15) is 58.7 Å². The van der Waals surface area contributed by atoms with Gasteiger partial charge in [0.1, 0.15) is 0 Å². The van der Waals surface area contributed by atoms with Crippen LogP contribution in [0.3, 0.4) is 0 Å². The number of carboxylic acid groups (broad SMARTS) is 1. The summed E-state index contributed by atoms with van der Waals surface area (Å²) in [5.74, 6) is 1.22. The lowest BCUT2D eigenvalue weighted by Crippen LogP contribution is -2.39. The normalized spacial score (nSPS) is 27.5. The Bertz CT molecular complexity index is 478. The van der Waals surface area contributed by atoms with Crippen LogP contribution < -0.4 is 0 Å². The van der Waals surface area contributed by atoms with Crippen molar-refractivity contribution in [3.63, 3.8) is 0 Å². The van der Waals surface area contributed by atoms with Crippen molar-refractivity contribution in [2.45, 2.75) is 65.8 Å². The van der Waals surface area contributed by atoms with Crippen molar-refractivity contribution in [2.75, 3.05) is 0 Å². The van der Waals surface area contributed by atoms with Crippen LogP contribution in [0.2, 0.25) is 0 Å². The third kappa shape index (κ3) is 3.60. The first-order valence-electron chi connectivity index (χ1n) is 7.95. The molecule has 1 aromatic rings. The lowest BCUT2D eigenvalue weighted by atomic mass is 9.71. The second-order valence-electron chi connectivity index (χ2n) is 6.74. The van der Waals surface area contributed by atoms with E-state index in [4.69, 9.17) is 0 Å². The molecule has 6 heteroatoms. The predicted octanol–water partition coefficient (Wildman–Crippen LogP) is 2.54. The molecular weight excluding hydrogens is 268 g/mol. The molecule has 0 bridgehead atoms. The molecule has 0 radical (unpaired) electrons. The summed E-state index contributed by atoms with van der Waals surface area (Å²) in [6, 6.07) is 0. The number of hydrogen-bond acceptors (Lipinski definition) is 4. The van der Waals surface area contributed by atoms with Gasteiger partial charge in [0.25, 0.3) is 0 Å². The van der Waals surface area contributed by atoms with Crippen LogP contribution in [-0.4, -0.2) is 31.3 Å². The molecule has 0 aromatic carbocycles. The molecule has 21 heavy (non-hydrogen) atoms. The van der Waals surface area contributed by atoms with Crippen molar-refractivity contribution in [3.05, 3.63) is 5.82 Å².